The molecule has 4 heteroatoms. The summed E-state index contributed by atoms with van der Waals surface area (Å²) in [5.74, 6) is -0.299. The third-order valence-electron chi connectivity index (χ3n) is 2.82. The van der Waals surface area contributed by atoms with Crippen molar-refractivity contribution in [2.45, 2.75) is 25.4 Å². The maximum atomic E-state index is 12.9. The Kier molecular flexibility index (Phi) is 4.09. The van der Waals surface area contributed by atoms with Crippen LogP contribution in [0, 0.1) is 5.82 Å². The molecule has 0 spiro atoms. The van der Waals surface area contributed by atoms with Crippen molar-refractivity contribution in [2.75, 3.05) is 13.2 Å². The van der Waals surface area contributed by atoms with Gasteiger partial charge in [0.05, 0.1) is 0 Å². The Morgan fingerprint density at radius 2 is 2.41 bits per heavy atom. The van der Waals surface area contributed by atoms with E-state index in [1.54, 1.807) is 6.07 Å². The predicted octanol–water partition coefficient (Wildman–Crippen LogP) is 1.66. The molecule has 0 unspecified atom stereocenters. The van der Waals surface area contributed by atoms with E-state index in [2.05, 4.69) is 5.32 Å². The molecule has 1 N–H and O–H groups in total. The van der Waals surface area contributed by atoms with Crippen molar-refractivity contribution in [3.05, 3.63) is 35.6 Å². The minimum absolute atomic E-state index is 0.0566. The van der Waals surface area contributed by atoms with E-state index in [0.717, 1.165) is 18.4 Å². The second-order valence-electron chi connectivity index (χ2n) is 4.17. The second kappa shape index (κ2) is 5.77. The van der Waals surface area contributed by atoms with Crippen LogP contribution in [0.5, 0.6) is 0 Å². The summed E-state index contributed by atoms with van der Waals surface area (Å²) >= 11 is 0. The van der Waals surface area contributed by atoms with Crippen LogP contribution in [-0.2, 0) is 16.0 Å². The molecule has 1 aliphatic heterocycles. The van der Waals surface area contributed by atoms with Crippen LogP contribution in [0.1, 0.15) is 18.4 Å². The van der Waals surface area contributed by atoms with E-state index in [4.69, 9.17) is 4.74 Å². The summed E-state index contributed by atoms with van der Waals surface area (Å²) in [7, 11) is 0. The highest BCUT2D eigenvalue weighted by molar-refractivity contribution is 5.80. The monoisotopic (exact) mass is 237 g/mol. The number of halogens is 1. The van der Waals surface area contributed by atoms with Crippen molar-refractivity contribution in [1.82, 2.24) is 5.32 Å². The first-order valence-electron chi connectivity index (χ1n) is 5.89. The van der Waals surface area contributed by atoms with Gasteiger partial charge < -0.3 is 10.1 Å². The maximum absolute atomic E-state index is 12.9. The maximum Gasteiger partial charge on any atom is 0.249 e. The van der Waals surface area contributed by atoms with Gasteiger partial charge in [0.2, 0.25) is 5.91 Å². The molecule has 0 aromatic heterocycles. The number of benzene rings is 1. The summed E-state index contributed by atoms with van der Waals surface area (Å²) in [5.41, 5.74) is 0.887. The van der Waals surface area contributed by atoms with E-state index in [0.29, 0.717) is 19.6 Å². The van der Waals surface area contributed by atoms with Crippen molar-refractivity contribution >= 4 is 5.91 Å². The standard InChI is InChI=1S/C13H16FNO2/c14-11-4-1-3-10(9-11)6-7-15-13(16)12-5-2-8-17-12/h1,3-4,9,12H,2,5-8H2,(H,15,16)/t12-/m0/s1. The van der Waals surface area contributed by atoms with E-state index >= 15 is 0 Å². The molecule has 1 atom stereocenters. The van der Waals surface area contributed by atoms with Gasteiger partial charge >= 0.3 is 0 Å². The van der Waals surface area contributed by atoms with Crippen LogP contribution in [0.25, 0.3) is 0 Å². The third-order valence-corrected chi connectivity index (χ3v) is 2.82. The van der Waals surface area contributed by atoms with Gasteiger partial charge in [0, 0.05) is 13.2 Å². The minimum atomic E-state index is -0.289. The summed E-state index contributed by atoms with van der Waals surface area (Å²) in [6, 6.07) is 6.42. The lowest BCUT2D eigenvalue weighted by Crippen LogP contribution is -2.35. The molecular weight excluding hydrogens is 221 g/mol. The molecule has 92 valence electrons. The number of hydrogen-bond acceptors (Lipinski definition) is 2. The summed E-state index contributed by atoms with van der Waals surface area (Å²) in [6.45, 7) is 1.18. The van der Waals surface area contributed by atoms with Gasteiger partial charge in [-0.15, -0.1) is 0 Å². The first-order valence-corrected chi connectivity index (χ1v) is 5.89. The van der Waals surface area contributed by atoms with Crippen LogP contribution >= 0.6 is 0 Å². The number of rotatable bonds is 4. The molecule has 1 amide bonds. The van der Waals surface area contributed by atoms with E-state index in [1.165, 1.54) is 12.1 Å². The normalized spacial score (nSPS) is 19.2. The molecule has 0 aliphatic carbocycles. The van der Waals surface area contributed by atoms with E-state index in [1.807, 2.05) is 6.07 Å². The zero-order valence-electron chi connectivity index (χ0n) is 9.62. The van der Waals surface area contributed by atoms with Crippen molar-refractivity contribution in [2.24, 2.45) is 0 Å². The second-order valence-corrected chi connectivity index (χ2v) is 4.17. The average Bonchev–Trinajstić information content (AvgIpc) is 2.82. The first-order chi connectivity index (χ1) is 8.25. The molecule has 1 fully saturated rings. The average molecular weight is 237 g/mol. The molecule has 1 heterocycles. The lowest BCUT2D eigenvalue weighted by Gasteiger charge is -2.10. The molecule has 3 nitrogen and oxygen atoms in total. The number of amides is 1. The molecule has 2 rings (SSSR count). The summed E-state index contributed by atoms with van der Waals surface area (Å²) < 4.78 is 18.2. The van der Waals surface area contributed by atoms with Gasteiger partial charge in [-0.2, -0.15) is 0 Å². The third kappa shape index (κ3) is 3.53. The molecule has 1 aromatic carbocycles. The van der Waals surface area contributed by atoms with Crippen LogP contribution in [0.3, 0.4) is 0 Å². The largest absolute Gasteiger partial charge is 0.368 e. The van der Waals surface area contributed by atoms with Crippen LogP contribution in [0.2, 0.25) is 0 Å². The molecule has 0 saturated carbocycles. The molecule has 0 radical (unpaired) electrons. The minimum Gasteiger partial charge on any atom is -0.368 e. The zero-order chi connectivity index (χ0) is 12.1. The van der Waals surface area contributed by atoms with E-state index < -0.39 is 0 Å². The lowest BCUT2D eigenvalue weighted by atomic mass is 10.1. The number of hydrogen-bond donors (Lipinski definition) is 1. The van der Waals surface area contributed by atoms with Crippen molar-refractivity contribution < 1.29 is 13.9 Å². The zero-order valence-corrected chi connectivity index (χ0v) is 9.62. The summed E-state index contributed by atoms with van der Waals surface area (Å²) in [5, 5.41) is 2.81. The Morgan fingerprint density at radius 3 is 3.12 bits per heavy atom. The van der Waals surface area contributed by atoms with Crippen LogP contribution < -0.4 is 5.32 Å². The highest BCUT2D eigenvalue weighted by atomic mass is 19.1. The van der Waals surface area contributed by atoms with Crippen molar-refractivity contribution in [3.63, 3.8) is 0 Å². The SMILES string of the molecule is O=C(NCCc1cccc(F)c1)[C@@H]1CCCO1. The summed E-state index contributed by atoms with van der Waals surface area (Å²) in [4.78, 5) is 11.6. The molecule has 17 heavy (non-hydrogen) atoms. The highest BCUT2D eigenvalue weighted by Crippen LogP contribution is 2.11. The first kappa shape index (κ1) is 12.0. The van der Waals surface area contributed by atoms with E-state index in [-0.39, 0.29) is 17.8 Å². The van der Waals surface area contributed by atoms with Crippen molar-refractivity contribution in [3.8, 4) is 0 Å². The Balaban J connectivity index is 1.73. The van der Waals surface area contributed by atoms with Gasteiger partial charge in [0.25, 0.3) is 0 Å². The number of ether oxygens (including phenoxy) is 1. The fraction of sp³-hybridized carbons (Fsp3) is 0.462. The smallest absolute Gasteiger partial charge is 0.249 e. The van der Waals surface area contributed by atoms with Gasteiger partial charge in [0.1, 0.15) is 11.9 Å². The fourth-order valence-electron chi connectivity index (χ4n) is 1.92. The number of carbonyl (C=O) groups excluding carboxylic acids is 1. The van der Waals surface area contributed by atoms with E-state index in [9.17, 15) is 9.18 Å². The molecule has 0 bridgehead atoms. The van der Waals surface area contributed by atoms with Crippen molar-refractivity contribution in [1.29, 1.82) is 0 Å². The predicted molar refractivity (Wildman–Crippen MR) is 62.1 cm³/mol. The van der Waals surface area contributed by atoms with Gasteiger partial charge in [-0.05, 0) is 37.0 Å². The van der Waals surface area contributed by atoms with Gasteiger partial charge in [0.15, 0.2) is 0 Å². The fourth-order valence-corrected chi connectivity index (χ4v) is 1.92. The van der Waals surface area contributed by atoms with Gasteiger partial charge in [-0.25, -0.2) is 4.39 Å². The Hall–Kier alpha value is -1.42. The Bertz CT molecular complexity index is 389. The quantitative estimate of drug-likeness (QED) is 0.865. The molecule has 1 aromatic rings. The number of nitrogens with one attached hydrogen (secondary N) is 1. The van der Waals surface area contributed by atoms with Gasteiger partial charge in [-0.3, -0.25) is 4.79 Å². The summed E-state index contributed by atoms with van der Waals surface area (Å²) in [6.07, 6.45) is 2.09. The molecule has 1 aliphatic rings. The molecular formula is C13H16FNO2. The Labute approximate surface area is 100.0 Å². The van der Waals surface area contributed by atoms with Crippen LogP contribution in [0.15, 0.2) is 24.3 Å². The van der Waals surface area contributed by atoms with Crippen LogP contribution in [0.4, 0.5) is 4.39 Å². The number of carbonyl (C=O) groups is 1. The van der Waals surface area contributed by atoms with Crippen LogP contribution in [-0.4, -0.2) is 25.2 Å². The lowest BCUT2D eigenvalue weighted by molar-refractivity contribution is -0.129. The topological polar surface area (TPSA) is 38.3 Å². The van der Waals surface area contributed by atoms with Gasteiger partial charge in [-0.1, -0.05) is 12.1 Å². The highest BCUT2D eigenvalue weighted by Gasteiger charge is 2.22. The Morgan fingerprint density at radius 1 is 1.53 bits per heavy atom. The molecule has 1 saturated heterocycles.